The molecule has 5 heterocycles. The number of carboxylic acid groups (broad SMARTS) is 2. The summed E-state index contributed by atoms with van der Waals surface area (Å²) >= 11 is 0. The molecule has 0 spiro atoms. The SMILES string of the molecule is C.CC(C)C[C@H](N)C(=O)[C@@]1(C)CO1.CC(C)C[C@H](NC(=O)OCc1ccccc1)C(=O)[C@@]1(C)CO1.CC(C)C[C@H](NC(=O)[C@H](CCc1ccccc1)NC(=O)CN1CCOCC1)C(=O)N[C@@H](Cc1ccccc1)C(=O)N[C@@H](CC(C)C)C(=O)[C@@]1(C)CO1.CC(C)C[C@H](NC(=O)[C@H](CCc1ccccc1)NC(=O)CN1CCOCC1)C(=O)N[C@@H](Cc1ccccc1)C(=O)O.O=C[O-].S. The fraction of sp³-hybridized carbons (Fsp3) is 0.566. The number of aryl methyl sites for hydroxylation is 2. The Bertz CT molecular complexity index is 4340. The zero-order valence-corrected chi connectivity index (χ0v) is 79.4. The van der Waals surface area contributed by atoms with E-state index in [0.29, 0.717) is 130 Å². The molecule has 33 heteroatoms. The van der Waals surface area contributed by atoms with E-state index in [2.05, 4.69) is 56.4 Å². The summed E-state index contributed by atoms with van der Waals surface area (Å²) < 4.78 is 31.6. The number of benzene rings is 5. The molecule has 5 aromatic rings. The molecule has 0 bridgehead atoms. The number of ether oxygens (including phenoxy) is 6. The Labute approximate surface area is 786 Å². The number of nitrogens with zero attached hydrogens (tertiary/aromatic N) is 2. The van der Waals surface area contributed by atoms with Crippen LogP contribution in [0.4, 0.5) is 4.79 Å². The maximum Gasteiger partial charge on any atom is 0.408 e. The third-order valence-corrected chi connectivity index (χ3v) is 22.1. The van der Waals surface area contributed by atoms with Gasteiger partial charge in [-0.25, -0.2) is 9.59 Å². The number of carbonyl (C=O) groups excluding carboxylic acids is 12. The molecule has 11 N–H and O–H groups in total. The van der Waals surface area contributed by atoms with Crippen LogP contribution in [0.2, 0.25) is 0 Å². The Kier molecular flexibility index (Phi) is 50.6. The number of alkyl carbamates (subject to hydrolysis) is 1. The minimum absolute atomic E-state index is 0. The van der Waals surface area contributed by atoms with Gasteiger partial charge in [0, 0.05) is 45.5 Å². The van der Waals surface area contributed by atoms with Crippen molar-refractivity contribution in [1.82, 2.24) is 52.3 Å². The van der Waals surface area contributed by atoms with Crippen LogP contribution in [0.1, 0.15) is 170 Å². The zero-order valence-electron chi connectivity index (χ0n) is 78.4. The van der Waals surface area contributed by atoms with Crippen molar-refractivity contribution < 1.29 is 101 Å². The molecule has 5 fully saturated rings. The Morgan fingerprint density at radius 1 is 0.402 bits per heavy atom. The molecule has 5 aromatic carbocycles. The Morgan fingerprint density at radius 3 is 1.01 bits per heavy atom. The van der Waals surface area contributed by atoms with Crippen LogP contribution >= 0.6 is 13.5 Å². The molecule has 32 nitrogen and oxygen atoms in total. The first-order valence-electron chi connectivity index (χ1n) is 45.2. The van der Waals surface area contributed by atoms with E-state index in [1.807, 2.05) is 193 Å². The number of hydrogen-bond acceptors (Lipinski definition) is 23. The van der Waals surface area contributed by atoms with Gasteiger partial charge in [-0.05, 0) is 136 Å². The molecule has 5 aliphatic rings. The van der Waals surface area contributed by atoms with Gasteiger partial charge in [-0.1, -0.05) is 228 Å². The van der Waals surface area contributed by atoms with Crippen LogP contribution in [0.25, 0.3) is 0 Å². The number of Topliss-reactive ketones (excluding diaryl/α,β-unsaturated/α-hetero) is 3. The van der Waals surface area contributed by atoms with Gasteiger partial charge in [-0.15, -0.1) is 0 Å². The summed E-state index contributed by atoms with van der Waals surface area (Å²) in [6, 6.07) is 39.5. The molecule has 10 rings (SSSR count). The second-order valence-corrected chi connectivity index (χ2v) is 36.3. The molecule has 0 unspecified atom stereocenters. The van der Waals surface area contributed by atoms with E-state index in [1.165, 1.54) is 0 Å². The number of aliphatic carboxylic acids is 1. The quantitative estimate of drug-likeness (QED) is 0.0140. The van der Waals surface area contributed by atoms with E-state index in [9.17, 15) is 62.6 Å². The van der Waals surface area contributed by atoms with Crippen molar-refractivity contribution in [2.45, 2.75) is 246 Å². The van der Waals surface area contributed by atoms with Crippen molar-refractivity contribution in [3.8, 4) is 0 Å². The van der Waals surface area contributed by atoms with Gasteiger partial charge in [0.25, 0.3) is 0 Å². The van der Waals surface area contributed by atoms with Crippen LogP contribution in [0.5, 0.6) is 0 Å². The largest absolute Gasteiger partial charge is 0.554 e. The van der Waals surface area contributed by atoms with E-state index in [0.717, 1.165) is 34.2 Å². The molecule has 132 heavy (non-hydrogen) atoms. The van der Waals surface area contributed by atoms with Crippen molar-refractivity contribution in [2.24, 2.45) is 35.3 Å². The van der Waals surface area contributed by atoms with Gasteiger partial charge in [0.2, 0.25) is 41.4 Å². The van der Waals surface area contributed by atoms with E-state index in [4.69, 9.17) is 44.1 Å². The standard InChI is InChI=1S/C40H57N5O7.C31H42N4O6.C17H23NO4.C9H17NO2.CH2O2.CH4.H2S/c1-27(2)22-32(36(47)40(5)26-52-40)42-39(50)34(24-30-14-10-7-11-15-30)44-38(49)33(23-28(3)4)43-37(48)31(17-16-29-12-8-6-9-13-29)41-35(46)25-45-18-20-51-21-19-45;1-22(2)19-26(30(38)34-27(31(39)40)20-24-11-7-4-8-12-24)33-29(37)25(14-13-23-9-5-3-6-10-23)32-28(36)21-35-15-17-41-18-16-35;1-12(2)9-14(15(19)17(3)11-22-17)18-16(20)21-10-13-7-5-4-6-8-13;1-6(2)4-7(10)8(11)9(3)5-12-9;2-1-3;;/h6-15,27-28,31-34H,16-26H2,1-5H3,(H,41,46)(H,42,50)(H,43,48)(H,44,49);3-12,22,25-27H,13-21H2,1-2H3,(H,32,36)(H,33,37)(H,34,38)(H,39,40);4-8,12,14H,9-11H2,1-3H3,(H,18,20);6-7H,4-5,10H2,1-3H3;1H,(H,2,3);1H4;1H2/p-1/t31-,32-,33-,34-,40+;25-,26-,27-;14-,17+;7-,9+;;;/m0000.../s1. The average Bonchev–Trinajstić information content (AvgIpc) is 1.61. The number of morpholine rings is 2. The van der Waals surface area contributed by atoms with Crippen LogP contribution in [0, 0.1) is 29.6 Å². The number of rotatable bonds is 46. The summed E-state index contributed by atoms with van der Waals surface area (Å²) in [6.07, 6.45) is 3.81. The summed E-state index contributed by atoms with van der Waals surface area (Å²) in [4.78, 5) is 168. The molecule has 12 atom stereocenters. The number of ketones is 3. The molecule has 0 radical (unpaired) electrons. The van der Waals surface area contributed by atoms with Gasteiger partial charge >= 0.3 is 12.1 Å². The first kappa shape index (κ1) is 114. The number of carboxylic acids is 1. The first-order chi connectivity index (χ1) is 61.8. The Hall–Kier alpha value is -10.4. The lowest BCUT2D eigenvalue weighted by molar-refractivity contribution is -0.283. The fourth-order valence-electron chi connectivity index (χ4n) is 14.5. The predicted molar refractivity (Wildman–Crippen MR) is 506 cm³/mol. The lowest BCUT2D eigenvalue weighted by atomic mass is 9.93. The van der Waals surface area contributed by atoms with Gasteiger partial charge in [-0.2, -0.15) is 13.5 Å². The smallest absolute Gasteiger partial charge is 0.408 e. The molecule has 8 amide bonds. The zero-order chi connectivity index (χ0) is 95.5. The molecular weight excluding hydrogens is 1710 g/mol. The second-order valence-electron chi connectivity index (χ2n) is 36.3. The third-order valence-electron chi connectivity index (χ3n) is 22.1. The number of nitrogens with one attached hydrogen (secondary N) is 8. The number of carbonyl (C=O) groups is 13. The van der Waals surface area contributed by atoms with Gasteiger partial charge in [0.05, 0.1) is 77.5 Å². The monoisotopic (exact) mass is 1860 g/mol. The number of epoxide rings is 3. The van der Waals surface area contributed by atoms with Crippen molar-refractivity contribution in [3.05, 3.63) is 179 Å². The van der Waals surface area contributed by atoms with Crippen molar-refractivity contribution in [2.75, 3.05) is 85.5 Å². The minimum atomic E-state index is -1.16. The van der Waals surface area contributed by atoms with E-state index in [1.54, 1.807) is 45.0 Å². The topological polar surface area (TPSA) is 459 Å². The highest BCUT2D eigenvalue weighted by Gasteiger charge is 2.52. The normalized spacial score (nSPS) is 19.1. The minimum Gasteiger partial charge on any atom is -0.554 e. The lowest BCUT2D eigenvalue weighted by Crippen LogP contribution is -2.59. The highest BCUT2D eigenvalue weighted by molar-refractivity contribution is 7.59. The van der Waals surface area contributed by atoms with Crippen LogP contribution in [-0.4, -0.2) is 249 Å². The van der Waals surface area contributed by atoms with E-state index < -0.39 is 113 Å². The second kappa shape index (κ2) is 58.6. The Balaban J connectivity index is 0.000000401. The first-order valence-corrected chi connectivity index (χ1v) is 45.2. The van der Waals surface area contributed by atoms with Crippen molar-refractivity contribution in [3.63, 3.8) is 0 Å². The highest BCUT2D eigenvalue weighted by atomic mass is 32.1. The van der Waals surface area contributed by atoms with Gasteiger partial charge in [0.1, 0.15) is 59.7 Å². The lowest BCUT2D eigenvalue weighted by Gasteiger charge is -2.29. The highest BCUT2D eigenvalue weighted by Crippen LogP contribution is 2.32. The maximum absolute atomic E-state index is 14.1. The summed E-state index contributed by atoms with van der Waals surface area (Å²) in [7, 11) is 0. The summed E-state index contributed by atoms with van der Waals surface area (Å²) in [6.45, 7) is 31.0. The van der Waals surface area contributed by atoms with E-state index >= 15 is 0 Å². The molecular formula is C99H146N11O21S-. The molecule has 0 aliphatic carbocycles. The molecule has 0 saturated carbocycles. The molecule has 0 aromatic heterocycles. The maximum atomic E-state index is 14.1. The molecule has 730 valence electrons. The third kappa shape index (κ3) is 43.1. The summed E-state index contributed by atoms with van der Waals surface area (Å²) in [5.41, 5.74) is 8.04. The van der Waals surface area contributed by atoms with Crippen LogP contribution in [-0.2, 0) is 118 Å². The number of hydrogen-bond donors (Lipinski definition) is 10. The fourth-order valence-corrected chi connectivity index (χ4v) is 14.5. The number of nitrogens with two attached hydrogens (primary N) is 1. The van der Waals surface area contributed by atoms with Gasteiger partial charge in [-0.3, -0.25) is 57.7 Å². The van der Waals surface area contributed by atoms with Gasteiger partial charge < -0.3 is 91.7 Å². The van der Waals surface area contributed by atoms with Crippen LogP contribution < -0.4 is 53.4 Å². The number of amides is 8. The molecule has 5 saturated heterocycles. The van der Waals surface area contributed by atoms with E-state index in [-0.39, 0.29) is 112 Å². The molecule has 5 aliphatic heterocycles. The Morgan fingerprint density at radius 2 is 0.674 bits per heavy atom. The van der Waals surface area contributed by atoms with Crippen LogP contribution in [0.3, 0.4) is 0 Å². The average molecular weight is 1860 g/mol. The summed E-state index contributed by atoms with van der Waals surface area (Å²) in [5, 5.41) is 40.6. The van der Waals surface area contributed by atoms with Crippen molar-refractivity contribution >= 4 is 90.7 Å². The van der Waals surface area contributed by atoms with Gasteiger partial charge in [0.15, 0.2) is 17.3 Å². The van der Waals surface area contributed by atoms with Crippen LogP contribution in [0.15, 0.2) is 152 Å². The summed E-state index contributed by atoms with van der Waals surface area (Å²) in [5.74, 6) is -3.57. The predicted octanol–water partition coefficient (Wildman–Crippen LogP) is 6.88. The van der Waals surface area contributed by atoms with Crippen molar-refractivity contribution in [1.29, 1.82) is 0 Å².